The number of halogens is 1. The van der Waals surface area contributed by atoms with Crippen molar-refractivity contribution in [2.75, 3.05) is 30.9 Å². The topological polar surface area (TPSA) is 47.0 Å². The summed E-state index contributed by atoms with van der Waals surface area (Å²) in [5.74, 6) is 0.0864. The molecule has 7 heteroatoms. The Hall–Kier alpha value is -2.22. The van der Waals surface area contributed by atoms with Crippen LogP contribution in [0.4, 0.5) is 10.1 Å². The second-order valence-corrected chi connectivity index (χ2v) is 10.1. The molecule has 1 unspecified atom stereocenters. The van der Waals surface area contributed by atoms with E-state index in [1.54, 1.807) is 6.07 Å². The second kappa shape index (κ2) is 8.96. The van der Waals surface area contributed by atoms with Crippen molar-refractivity contribution in [1.29, 1.82) is 0 Å². The normalized spacial score (nSPS) is 20.3. The number of benzene rings is 2. The summed E-state index contributed by atoms with van der Waals surface area (Å²) in [6.45, 7) is 2.59. The Labute approximate surface area is 191 Å². The third-order valence-corrected chi connectivity index (χ3v) is 7.60. The van der Waals surface area contributed by atoms with Crippen molar-refractivity contribution >= 4 is 22.8 Å². The van der Waals surface area contributed by atoms with E-state index in [4.69, 9.17) is 4.55 Å². The highest BCUT2D eigenvalue weighted by Gasteiger charge is 2.28. The highest BCUT2D eigenvalue weighted by atomic mass is 32.2. The van der Waals surface area contributed by atoms with Crippen LogP contribution in [0.3, 0.4) is 0 Å². The molecule has 3 aliphatic rings. The third kappa shape index (κ3) is 4.60. The van der Waals surface area contributed by atoms with E-state index in [-0.39, 0.29) is 11.7 Å². The van der Waals surface area contributed by atoms with Crippen LogP contribution < -0.4 is 4.90 Å². The number of nitrogens with zero attached hydrogens (tertiary/aromatic N) is 3. The highest BCUT2D eigenvalue weighted by Crippen LogP contribution is 2.35. The minimum absolute atomic E-state index is 0.159. The molecule has 0 radical (unpaired) electrons. The Bertz CT molecular complexity index is 1050. The minimum Gasteiger partial charge on any atom is -0.370 e. The van der Waals surface area contributed by atoms with Crippen LogP contribution in [-0.4, -0.2) is 56.7 Å². The van der Waals surface area contributed by atoms with Crippen LogP contribution in [0.25, 0.3) is 17.2 Å². The Morgan fingerprint density at radius 2 is 1.81 bits per heavy atom. The van der Waals surface area contributed by atoms with Crippen molar-refractivity contribution in [3.05, 3.63) is 59.5 Å². The Morgan fingerprint density at radius 3 is 2.53 bits per heavy atom. The SMILES string of the molecule is CN(c1cc(-c2ccc3c(c2)C=CN(C2CCN(CS(=O)O)CC2)C3)ccc1F)C1CC1. The smallest absolute Gasteiger partial charge is 0.167 e. The number of hydrogen-bond donors (Lipinski definition) is 1. The van der Waals surface area contributed by atoms with Gasteiger partial charge in [-0.1, -0.05) is 18.2 Å². The van der Waals surface area contributed by atoms with Gasteiger partial charge in [-0.15, -0.1) is 0 Å². The molecule has 1 saturated heterocycles. The largest absolute Gasteiger partial charge is 0.370 e. The highest BCUT2D eigenvalue weighted by molar-refractivity contribution is 7.79. The lowest BCUT2D eigenvalue weighted by molar-refractivity contribution is 0.150. The number of hydrogen-bond acceptors (Lipinski definition) is 4. The van der Waals surface area contributed by atoms with E-state index >= 15 is 0 Å². The molecule has 2 aliphatic heterocycles. The van der Waals surface area contributed by atoms with E-state index in [9.17, 15) is 8.60 Å². The van der Waals surface area contributed by atoms with Gasteiger partial charge in [0.25, 0.3) is 0 Å². The van der Waals surface area contributed by atoms with Crippen molar-refractivity contribution in [3.8, 4) is 11.1 Å². The molecule has 2 aromatic rings. The summed E-state index contributed by atoms with van der Waals surface area (Å²) in [5, 5.41) is 0. The molecule has 32 heavy (non-hydrogen) atoms. The van der Waals surface area contributed by atoms with Crippen molar-refractivity contribution in [1.82, 2.24) is 9.80 Å². The maximum Gasteiger partial charge on any atom is 0.167 e. The van der Waals surface area contributed by atoms with Gasteiger partial charge in [0.2, 0.25) is 0 Å². The molecule has 2 fully saturated rings. The van der Waals surface area contributed by atoms with Gasteiger partial charge in [-0.3, -0.25) is 4.90 Å². The molecular formula is C25H30FN3O2S. The fraction of sp³-hybridized carbons (Fsp3) is 0.440. The number of rotatable bonds is 6. The lowest BCUT2D eigenvalue weighted by atomic mass is 9.95. The molecular weight excluding hydrogens is 425 g/mol. The van der Waals surface area contributed by atoms with Crippen LogP contribution in [0.5, 0.6) is 0 Å². The van der Waals surface area contributed by atoms with Crippen molar-refractivity contribution in [2.24, 2.45) is 0 Å². The summed E-state index contributed by atoms with van der Waals surface area (Å²) in [6, 6.07) is 12.9. The molecule has 170 valence electrons. The predicted octanol–water partition coefficient (Wildman–Crippen LogP) is 4.52. The average molecular weight is 456 g/mol. The lowest BCUT2D eigenvalue weighted by Gasteiger charge is -2.39. The van der Waals surface area contributed by atoms with Gasteiger partial charge in [-0.05, 0) is 72.2 Å². The molecule has 2 heterocycles. The first kappa shape index (κ1) is 21.6. The molecule has 1 atom stereocenters. The minimum atomic E-state index is -1.76. The third-order valence-electron chi connectivity index (χ3n) is 7.02. The maximum atomic E-state index is 14.4. The summed E-state index contributed by atoms with van der Waals surface area (Å²) >= 11 is -1.76. The zero-order chi connectivity index (χ0) is 22.2. The maximum absolute atomic E-state index is 14.4. The molecule has 0 bridgehead atoms. The predicted molar refractivity (Wildman–Crippen MR) is 128 cm³/mol. The van der Waals surface area contributed by atoms with E-state index in [1.807, 2.05) is 19.2 Å². The average Bonchev–Trinajstić information content (AvgIpc) is 3.64. The first-order valence-corrected chi connectivity index (χ1v) is 12.6. The lowest BCUT2D eigenvalue weighted by Crippen LogP contribution is -2.44. The Balaban J connectivity index is 1.29. The summed E-state index contributed by atoms with van der Waals surface area (Å²) in [7, 11) is 1.98. The van der Waals surface area contributed by atoms with Gasteiger partial charge in [0, 0.05) is 45.0 Å². The summed E-state index contributed by atoms with van der Waals surface area (Å²) in [6.07, 6.45) is 8.65. The molecule has 0 aromatic heterocycles. The van der Waals surface area contributed by atoms with Crippen LogP contribution >= 0.6 is 0 Å². The molecule has 1 saturated carbocycles. The van der Waals surface area contributed by atoms with Gasteiger partial charge >= 0.3 is 0 Å². The van der Waals surface area contributed by atoms with Crippen LogP contribution in [0.2, 0.25) is 0 Å². The number of piperidine rings is 1. The summed E-state index contributed by atoms with van der Waals surface area (Å²) in [5.41, 5.74) is 5.35. The second-order valence-electron chi connectivity index (χ2n) is 9.21. The monoisotopic (exact) mass is 455 g/mol. The molecule has 5 nitrogen and oxygen atoms in total. The standard InChI is InChI=1S/C25H30FN3O2S/c1-27(22-5-6-22)25-15-19(4-7-24(25)26)18-2-3-21-16-29(13-8-20(21)14-18)23-9-11-28(12-10-23)17-32(30)31/h2-4,7-8,13-15,22-23H,5-6,9-12,16-17H2,1H3,(H,30,31). The molecule has 0 amide bonds. The molecule has 5 rings (SSSR count). The van der Waals surface area contributed by atoms with Gasteiger partial charge in [-0.2, -0.15) is 0 Å². The van der Waals surface area contributed by atoms with Gasteiger partial charge in [0.1, 0.15) is 11.7 Å². The van der Waals surface area contributed by atoms with E-state index in [2.05, 4.69) is 45.2 Å². The van der Waals surface area contributed by atoms with Crippen molar-refractivity contribution in [3.63, 3.8) is 0 Å². The van der Waals surface area contributed by atoms with E-state index < -0.39 is 11.1 Å². The first-order valence-electron chi connectivity index (χ1n) is 11.4. The summed E-state index contributed by atoms with van der Waals surface area (Å²) in [4.78, 5) is 6.53. The summed E-state index contributed by atoms with van der Waals surface area (Å²) < 4.78 is 34.6. The molecule has 1 aliphatic carbocycles. The number of likely N-dealkylation sites (tertiary alicyclic amines) is 1. The van der Waals surface area contributed by atoms with Crippen LogP contribution in [0.1, 0.15) is 36.8 Å². The van der Waals surface area contributed by atoms with E-state index in [0.717, 1.165) is 56.4 Å². The Kier molecular flexibility index (Phi) is 6.05. The first-order chi connectivity index (χ1) is 15.5. The quantitative estimate of drug-likeness (QED) is 0.649. The number of anilines is 1. The van der Waals surface area contributed by atoms with Gasteiger partial charge in [0.05, 0.1) is 5.69 Å². The van der Waals surface area contributed by atoms with Crippen molar-refractivity contribution < 1.29 is 13.2 Å². The van der Waals surface area contributed by atoms with E-state index in [0.29, 0.717) is 17.8 Å². The number of fused-ring (bicyclic) bond motifs is 1. The van der Waals surface area contributed by atoms with Crippen LogP contribution in [0, 0.1) is 5.82 Å². The zero-order valence-electron chi connectivity index (χ0n) is 18.4. The van der Waals surface area contributed by atoms with Crippen molar-refractivity contribution in [2.45, 2.75) is 44.3 Å². The van der Waals surface area contributed by atoms with Crippen LogP contribution in [-0.2, 0) is 17.6 Å². The van der Waals surface area contributed by atoms with E-state index in [1.165, 1.54) is 11.1 Å². The molecule has 1 N–H and O–H groups in total. The van der Waals surface area contributed by atoms with Gasteiger partial charge in [-0.25, -0.2) is 8.60 Å². The zero-order valence-corrected chi connectivity index (χ0v) is 19.2. The fourth-order valence-corrected chi connectivity index (χ4v) is 5.48. The molecule has 0 spiro atoms. The van der Waals surface area contributed by atoms with Crippen LogP contribution in [0.15, 0.2) is 42.6 Å². The van der Waals surface area contributed by atoms with Gasteiger partial charge in [0.15, 0.2) is 11.1 Å². The Morgan fingerprint density at radius 1 is 1.09 bits per heavy atom. The molecule has 2 aromatic carbocycles. The fourth-order valence-electron chi connectivity index (χ4n) is 4.91. The van der Waals surface area contributed by atoms with Gasteiger partial charge < -0.3 is 14.4 Å².